The van der Waals surface area contributed by atoms with Crippen LogP contribution in [-0.4, -0.2) is 22.4 Å². The van der Waals surface area contributed by atoms with Gasteiger partial charge in [0.2, 0.25) is 0 Å². The third-order valence-corrected chi connectivity index (χ3v) is 5.75. The van der Waals surface area contributed by atoms with Gasteiger partial charge in [-0.1, -0.05) is 33.3 Å². The standard InChI is InChI=1S/C19H26N2O3/c1-4-5-10-21-17(22)9-8-16(20-21)18(23)24-12-13-6-7-14-11-15(13)19(14,2)3/h6,8-9,14-15H,4-5,7,10-12H2,1-3H3/t14-,15-/m0/s1. The van der Waals surface area contributed by atoms with Crippen LogP contribution in [0.15, 0.2) is 28.6 Å². The van der Waals surface area contributed by atoms with Crippen LogP contribution in [0, 0.1) is 17.3 Å². The summed E-state index contributed by atoms with van der Waals surface area (Å²) in [5.41, 5.74) is 1.57. The summed E-state index contributed by atoms with van der Waals surface area (Å²) in [5.74, 6) is 0.835. The summed E-state index contributed by atoms with van der Waals surface area (Å²) in [6.07, 6.45) is 6.34. The highest BCUT2D eigenvalue weighted by Gasteiger charge is 2.51. The first-order chi connectivity index (χ1) is 11.4. The van der Waals surface area contributed by atoms with Crippen LogP contribution in [0.1, 0.15) is 56.9 Å². The Bertz CT molecular complexity index is 718. The Labute approximate surface area is 142 Å². The van der Waals surface area contributed by atoms with Gasteiger partial charge in [0.15, 0.2) is 5.69 Å². The number of carbonyl (C=O) groups is 1. The van der Waals surface area contributed by atoms with Crippen molar-refractivity contribution in [3.05, 3.63) is 39.8 Å². The molecule has 4 rings (SSSR count). The van der Waals surface area contributed by atoms with Crippen LogP contribution in [0.3, 0.4) is 0 Å². The van der Waals surface area contributed by atoms with Crippen LogP contribution in [0.4, 0.5) is 0 Å². The van der Waals surface area contributed by atoms with Crippen LogP contribution in [-0.2, 0) is 11.3 Å². The first kappa shape index (κ1) is 16.9. The molecule has 0 saturated heterocycles. The highest BCUT2D eigenvalue weighted by molar-refractivity contribution is 5.87. The summed E-state index contributed by atoms with van der Waals surface area (Å²) in [7, 11) is 0. The maximum Gasteiger partial charge on any atom is 0.359 e. The molecule has 3 aliphatic carbocycles. The van der Waals surface area contributed by atoms with Gasteiger partial charge in [-0.15, -0.1) is 0 Å². The van der Waals surface area contributed by atoms with Crippen molar-refractivity contribution in [3.8, 4) is 0 Å². The maximum atomic E-state index is 12.3. The normalized spacial score (nSPS) is 24.0. The Morgan fingerprint density at radius 3 is 2.88 bits per heavy atom. The molecule has 3 aliphatic rings. The fourth-order valence-electron chi connectivity index (χ4n) is 3.89. The largest absolute Gasteiger partial charge is 0.456 e. The van der Waals surface area contributed by atoms with Crippen molar-refractivity contribution < 1.29 is 9.53 Å². The molecule has 2 bridgehead atoms. The number of ether oxygens (including phenoxy) is 1. The molecule has 1 saturated carbocycles. The number of aryl methyl sites for hydroxylation is 1. The van der Waals surface area contributed by atoms with E-state index < -0.39 is 5.97 Å². The van der Waals surface area contributed by atoms with E-state index in [0.717, 1.165) is 25.2 Å². The smallest absolute Gasteiger partial charge is 0.359 e. The molecule has 2 atom stereocenters. The molecule has 0 N–H and O–H groups in total. The molecule has 1 aromatic heterocycles. The van der Waals surface area contributed by atoms with Crippen molar-refractivity contribution in [2.24, 2.45) is 17.3 Å². The van der Waals surface area contributed by atoms with Gasteiger partial charge in [0.05, 0.1) is 0 Å². The van der Waals surface area contributed by atoms with Crippen LogP contribution in [0.25, 0.3) is 0 Å². The predicted molar refractivity (Wildman–Crippen MR) is 91.8 cm³/mol. The van der Waals surface area contributed by atoms with E-state index in [4.69, 9.17) is 4.74 Å². The van der Waals surface area contributed by atoms with Crippen LogP contribution in [0.5, 0.6) is 0 Å². The highest BCUT2D eigenvalue weighted by atomic mass is 16.5. The summed E-state index contributed by atoms with van der Waals surface area (Å²) < 4.78 is 6.82. The van der Waals surface area contributed by atoms with E-state index in [1.165, 1.54) is 28.8 Å². The van der Waals surface area contributed by atoms with E-state index in [-0.39, 0.29) is 11.3 Å². The monoisotopic (exact) mass is 330 g/mol. The number of nitrogens with zero attached hydrogens (tertiary/aromatic N) is 2. The summed E-state index contributed by atoms with van der Waals surface area (Å²) in [6.45, 7) is 7.50. The van der Waals surface area contributed by atoms with Crippen molar-refractivity contribution in [1.82, 2.24) is 9.78 Å². The molecule has 5 nitrogen and oxygen atoms in total. The van der Waals surface area contributed by atoms with E-state index in [0.29, 0.717) is 24.5 Å². The number of hydrogen-bond acceptors (Lipinski definition) is 4. The molecule has 0 unspecified atom stereocenters. The van der Waals surface area contributed by atoms with Crippen molar-refractivity contribution in [1.29, 1.82) is 0 Å². The Morgan fingerprint density at radius 2 is 2.21 bits per heavy atom. The van der Waals surface area contributed by atoms with Gasteiger partial charge >= 0.3 is 5.97 Å². The lowest BCUT2D eigenvalue weighted by Crippen LogP contribution is -2.48. The number of rotatable bonds is 6. The summed E-state index contributed by atoms with van der Waals surface area (Å²) in [5, 5.41) is 4.14. The van der Waals surface area contributed by atoms with Crippen LogP contribution in [0.2, 0.25) is 0 Å². The highest BCUT2D eigenvalue weighted by Crippen LogP contribution is 2.59. The van der Waals surface area contributed by atoms with Gasteiger partial charge in [-0.05, 0) is 48.2 Å². The van der Waals surface area contributed by atoms with E-state index >= 15 is 0 Å². The molecule has 1 aromatic rings. The topological polar surface area (TPSA) is 61.2 Å². The van der Waals surface area contributed by atoms with Gasteiger partial charge in [-0.3, -0.25) is 4.79 Å². The quantitative estimate of drug-likeness (QED) is 0.593. The molecule has 1 heterocycles. The van der Waals surface area contributed by atoms with E-state index in [1.807, 2.05) is 6.92 Å². The number of carbonyl (C=O) groups excluding carboxylic acids is 1. The summed E-state index contributed by atoms with van der Waals surface area (Å²) in [4.78, 5) is 24.0. The lowest BCUT2D eigenvalue weighted by molar-refractivity contribution is -0.0156. The lowest BCUT2D eigenvalue weighted by Gasteiger charge is -2.56. The van der Waals surface area contributed by atoms with Gasteiger partial charge in [0.1, 0.15) is 6.61 Å². The predicted octanol–water partition coefficient (Wildman–Crippen LogP) is 3.19. The number of hydrogen-bond donors (Lipinski definition) is 0. The summed E-state index contributed by atoms with van der Waals surface area (Å²) in [6, 6.07) is 2.84. The average Bonchev–Trinajstić information content (AvgIpc) is 2.58. The molecule has 130 valence electrons. The fraction of sp³-hybridized carbons (Fsp3) is 0.632. The van der Waals surface area contributed by atoms with Gasteiger partial charge in [0.25, 0.3) is 5.56 Å². The molecule has 0 amide bonds. The Hall–Kier alpha value is -1.91. The second-order valence-electron chi connectivity index (χ2n) is 7.53. The van der Waals surface area contributed by atoms with Crippen molar-refractivity contribution in [3.63, 3.8) is 0 Å². The molecule has 0 radical (unpaired) electrons. The zero-order chi connectivity index (χ0) is 17.3. The van der Waals surface area contributed by atoms with Crippen molar-refractivity contribution in [2.45, 2.75) is 53.0 Å². The molecular weight excluding hydrogens is 304 g/mol. The molecule has 0 aromatic carbocycles. The minimum Gasteiger partial charge on any atom is -0.456 e. The SMILES string of the molecule is CCCCn1nc(C(=O)OCC2=CC[C@H]3C[C@@H]2C3(C)C)ccc1=O. The first-order valence-corrected chi connectivity index (χ1v) is 8.87. The molecule has 0 spiro atoms. The van der Waals surface area contributed by atoms with Gasteiger partial charge in [-0.25, -0.2) is 9.48 Å². The first-order valence-electron chi connectivity index (χ1n) is 8.87. The summed E-state index contributed by atoms with van der Waals surface area (Å²) >= 11 is 0. The van der Waals surface area contributed by atoms with Crippen LogP contribution < -0.4 is 5.56 Å². The second kappa shape index (κ2) is 6.54. The van der Waals surface area contributed by atoms with Gasteiger partial charge < -0.3 is 4.74 Å². The minimum absolute atomic E-state index is 0.183. The zero-order valence-corrected chi connectivity index (χ0v) is 14.7. The lowest BCUT2D eigenvalue weighted by atomic mass is 9.49. The van der Waals surface area contributed by atoms with E-state index in [2.05, 4.69) is 25.0 Å². The Kier molecular flexibility index (Phi) is 4.61. The average molecular weight is 330 g/mol. The minimum atomic E-state index is -0.458. The Balaban J connectivity index is 1.63. The number of allylic oxidation sites excluding steroid dienone is 1. The Morgan fingerprint density at radius 1 is 1.42 bits per heavy atom. The van der Waals surface area contributed by atoms with Crippen molar-refractivity contribution >= 4 is 5.97 Å². The number of aromatic nitrogens is 2. The third-order valence-electron chi connectivity index (χ3n) is 5.75. The molecular formula is C19H26N2O3. The number of unbranched alkanes of at least 4 members (excludes halogenated alkanes) is 1. The molecule has 1 fully saturated rings. The molecule has 0 aliphatic heterocycles. The van der Waals surface area contributed by atoms with Crippen LogP contribution >= 0.6 is 0 Å². The van der Waals surface area contributed by atoms with E-state index in [1.54, 1.807) is 0 Å². The number of fused-ring (bicyclic) bond motifs is 1. The van der Waals surface area contributed by atoms with E-state index in [9.17, 15) is 9.59 Å². The van der Waals surface area contributed by atoms with Crippen molar-refractivity contribution in [2.75, 3.05) is 6.61 Å². The third kappa shape index (κ3) is 3.04. The number of esters is 1. The second-order valence-corrected chi connectivity index (χ2v) is 7.53. The zero-order valence-electron chi connectivity index (χ0n) is 14.7. The fourth-order valence-corrected chi connectivity index (χ4v) is 3.89. The van der Waals surface area contributed by atoms with Gasteiger partial charge in [0, 0.05) is 12.6 Å². The molecule has 24 heavy (non-hydrogen) atoms. The van der Waals surface area contributed by atoms with Gasteiger partial charge in [-0.2, -0.15) is 5.10 Å². The molecule has 5 heteroatoms. The maximum absolute atomic E-state index is 12.3.